The maximum absolute atomic E-state index is 12.6. The van der Waals surface area contributed by atoms with E-state index in [9.17, 15) is 19.2 Å². The zero-order chi connectivity index (χ0) is 32.2. The lowest BCUT2D eigenvalue weighted by molar-refractivity contribution is -0.146. The van der Waals surface area contributed by atoms with Crippen molar-refractivity contribution < 1.29 is 38.1 Å². The summed E-state index contributed by atoms with van der Waals surface area (Å²) in [7, 11) is 0. The molecular formula is C32H46N4O8. The van der Waals surface area contributed by atoms with Crippen molar-refractivity contribution in [3.8, 4) is 11.5 Å². The van der Waals surface area contributed by atoms with Crippen molar-refractivity contribution in [3.63, 3.8) is 0 Å². The summed E-state index contributed by atoms with van der Waals surface area (Å²) >= 11 is 0. The first-order valence-electron chi connectivity index (χ1n) is 15.2. The Morgan fingerprint density at radius 3 is 1.27 bits per heavy atom. The van der Waals surface area contributed by atoms with E-state index in [0.717, 1.165) is 36.8 Å². The lowest BCUT2D eigenvalue weighted by atomic mass is 10.1. The van der Waals surface area contributed by atoms with Crippen LogP contribution in [0.1, 0.15) is 64.5 Å². The molecule has 0 spiro atoms. The molecule has 4 N–H and O–H groups in total. The molecule has 2 aromatic carbocycles. The number of nitrogens with one attached hydrogen (secondary N) is 4. The first kappa shape index (κ1) is 35.7. The predicted molar refractivity (Wildman–Crippen MR) is 165 cm³/mol. The van der Waals surface area contributed by atoms with Crippen LogP contribution in [0.15, 0.2) is 48.5 Å². The molecule has 4 amide bonds. The van der Waals surface area contributed by atoms with Gasteiger partial charge in [-0.25, -0.2) is 30.0 Å². The van der Waals surface area contributed by atoms with Gasteiger partial charge >= 0.3 is 24.0 Å². The largest absolute Gasteiger partial charge is 0.494 e. The SMILES string of the molecule is CCCCOc1ccc(C[C@H](NC(=O)NNC(=O)N[C@@H](Cc2ccc(OCCCC)cc2)C(=O)OCC)C(=O)OCC)cc1. The van der Waals surface area contributed by atoms with Gasteiger partial charge in [-0.3, -0.25) is 0 Å². The average molecular weight is 615 g/mol. The van der Waals surface area contributed by atoms with Crippen LogP contribution in [-0.4, -0.2) is 62.5 Å². The van der Waals surface area contributed by atoms with Crippen molar-refractivity contribution in [1.82, 2.24) is 21.5 Å². The van der Waals surface area contributed by atoms with Gasteiger partial charge in [0.2, 0.25) is 0 Å². The number of amides is 4. The molecule has 12 nitrogen and oxygen atoms in total. The third-order valence-corrected chi connectivity index (χ3v) is 6.30. The highest BCUT2D eigenvalue weighted by atomic mass is 16.5. The number of hydrogen-bond donors (Lipinski definition) is 4. The smallest absolute Gasteiger partial charge is 0.334 e. The summed E-state index contributed by atoms with van der Waals surface area (Å²) in [6, 6.07) is 10.7. The van der Waals surface area contributed by atoms with E-state index < -0.39 is 36.1 Å². The Morgan fingerprint density at radius 1 is 0.591 bits per heavy atom. The van der Waals surface area contributed by atoms with Gasteiger partial charge in [-0.1, -0.05) is 51.0 Å². The predicted octanol–water partition coefficient (Wildman–Crippen LogP) is 4.21. The van der Waals surface area contributed by atoms with E-state index in [0.29, 0.717) is 24.7 Å². The standard InChI is InChI=1S/C32H46N4O8/c1-5-9-19-43-25-15-11-23(12-16-25)21-27(29(37)41-7-3)33-31(39)35-36-32(40)34-28(30(38)42-8-4)22-24-13-17-26(18-14-24)44-20-10-6-2/h11-18,27-28H,5-10,19-22H2,1-4H3,(H2,33,35,39)(H2,34,36,40)/t27-,28-/m0/s1. The number of ether oxygens (including phenoxy) is 4. The Morgan fingerprint density at radius 2 is 0.955 bits per heavy atom. The second kappa shape index (κ2) is 20.4. The molecule has 0 aliphatic heterocycles. The van der Waals surface area contributed by atoms with Gasteiger partial charge < -0.3 is 29.6 Å². The zero-order valence-electron chi connectivity index (χ0n) is 26.1. The molecule has 0 saturated carbocycles. The van der Waals surface area contributed by atoms with Crippen LogP contribution >= 0.6 is 0 Å². The van der Waals surface area contributed by atoms with Crippen molar-refractivity contribution in [1.29, 1.82) is 0 Å². The third-order valence-electron chi connectivity index (χ3n) is 6.30. The van der Waals surface area contributed by atoms with Crippen LogP contribution in [0.3, 0.4) is 0 Å². The zero-order valence-corrected chi connectivity index (χ0v) is 26.1. The molecule has 12 heteroatoms. The van der Waals surface area contributed by atoms with Crippen molar-refractivity contribution in [3.05, 3.63) is 59.7 Å². The molecule has 2 rings (SSSR count). The molecule has 0 aromatic heterocycles. The van der Waals surface area contributed by atoms with Crippen LogP contribution in [-0.2, 0) is 31.9 Å². The van der Waals surface area contributed by atoms with Gasteiger partial charge in [0.1, 0.15) is 23.6 Å². The number of carbonyl (C=O) groups excluding carboxylic acids is 4. The van der Waals surface area contributed by atoms with Crippen molar-refractivity contribution in [2.24, 2.45) is 0 Å². The summed E-state index contributed by atoms with van der Waals surface area (Å²) in [6.07, 6.45) is 4.26. The fraction of sp³-hybridized carbons (Fsp3) is 0.500. The third kappa shape index (κ3) is 13.7. The van der Waals surface area contributed by atoms with E-state index in [2.05, 4.69) is 35.3 Å². The van der Waals surface area contributed by atoms with Crippen LogP contribution < -0.4 is 31.0 Å². The van der Waals surface area contributed by atoms with Gasteiger partial charge in [0.05, 0.1) is 26.4 Å². The lowest BCUT2D eigenvalue weighted by Gasteiger charge is -2.20. The molecule has 0 heterocycles. The number of unbranched alkanes of at least 4 members (excludes halogenated alkanes) is 2. The number of carbonyl (C=O) groups is 4. The molecule has 2 aromatic rings. The van der Waals surface area contributed by atoms with E-state index >= 15 is 0 Å². The van der Waals surface area contributed by atoms with Gasteiger partial charge in [0.25, 0.3) is 0 Å². The number of rotatable bonds is 18. The number of urea groups is 2. The highest BCUT2D eigenvalue weighted by Gasteiger charge is 2.25. The molecule has 0 bridgehead atoms. The van der Waals surface area contributed by atoms with Crippen LogP contribution in [0.4, 0.5) is 9.59 Å². The highest BCUT2D eigenvalue weighted by Crippen LogP contribution is 2.16. The molecule has 0 fully saturated rings. The van der Waals surface area contributed by atoms with E-state index in [4.69, 9.17) is 18.9 Å². The highest BCUT2D eigenvalue weighted by molar-refractivity contribution is 5.87. The second-order valence-electron chi connectivity index (χ2n) is 9.91. The van der Waals surface area contributed by atoms with E-state index in [1.165, 1.54) is 0 Å². The van der Waals surface area contributed by atoms with Crippen LogP contribution in [0, 0.1) is 0 Å². The Labute approximate surface area is 259 Å². The Kier molecular flexibility index (Phi) is 16.6. The fourth-order valence-corrected chi connectivity index (χ4v) is 3.96. The Hall–Kier alpha value is -4.48. The van der Waals surface area contributed by atoms with E-state index in [1.54, 1.807) is 62.4 Å². The number of hydrogen-bond acceptors (Lipinski definition) is 8. The molecule has 0 aliphatic carbocycles. The quantitative estimate of drug-likeness (QED) is 0.111. The minimum atomic E-state index is -1.02. The minimum absolute atomic E-state index is 0.132. The topological polar surface area (TPSA) is 153 Å². The molecule has 2 atom stereocenters. The maximum atomic E-state index is 12.6. The molecule has 242 valence electrons. The van der Waals surface area contributed by atoms with Gasteiger partial charge in [-0.2, -0.15) is 0 Å². The fourth-order valence-electron chi connectivity index (χ4n) is 3.96. The van der Waals surface area contributed by atoms with Gasteiger partial charge in [-0.15, -0.1) is 0 Å². The molecule has 0 saturated heterocycles. The van der Waals surface area contributed by atoms with Gasteiger partial charge in [-0.05, 0) is 62.1 Å². The summed E-state index contributed by atoms with van der Waals surface area (Å²) < 4.78 is 21.6. The number of benzene rings is 2. The van der Waals surface area contributed by atoms with Gasteiger partial charge in [0.15, 0.2) is 0 Å². The summed E-state index contributed by atoms with van der Waals surface area (Å²) in [6.45, 7) is 9.00. The summed E-state index contributed by atoms with van der Waals surface area (Å²) in [5.41, 5.74) is 5.94. The molecule has 0 unspecified atom stereocenters. The Bertz CT molecular complexity index is 1070. The lowest BCUT2D eigenvalue weighted by Crippen LogP contribution is -2.56. The molecule has 44 heavy (non-hydrogen) atoms. The van der Waals surface area contributed by atoms with Crippen molar-refractivity contribution >= 4 is 24.0 Å². The van der Waals surface area contributed by atoms with Crippen LogP contribution in [0.25, 0.3) is 0 Å². The van der Waals surface area contributed by atoms with E-state index in [-0.39, 0.29) is 26.1 Å². The first-order chi connectivity index (χ1) is 21.3. The summed E-state index contributed by atoms with van der Waals surface area (Å²) in [5, 5.41) is 5.04. The average Bonchev–Trinajstić information content (AvgIpc) is 3.01. The number of esters is 2. The minimum Gasteiger partial charge on any atom is -0.494 e. The normalized spacial score (nSPS) is 11.8. The summed E-state index contributed by atoms with van der Waals surface area (Å²) in [4.78, 5) is 50.3. The first-order valence-corrected chi connectivity index (χ1v) is 15.2. The molecule has 0 aliphatic rings. The van der Waals surface area contributed by atoms with Crippen molar-refractivity contribution in [2.45, 2.75) is 78.3 Å². The molecular weight excluding hydrogens is 568 g/mol. The van der Waals surface area contributed by atoms with Crippen LogP contribution in [0.5, 0.6) is 11.5 Å². The van der Waals surface area contributed by atoms with Gasteiger partial charge in [0, 0.05) is 12.8 Å². The maximum Gasteiger partial charge on any atom is 0.334 e. The van der Waals surface area contributed by atoms with Crippen molar-refractivity contribution in [2.75, 3.05) is 26.4 Å². The molecule has 0 radical (unpaired) electrons. The second-order valence-corrected chi connectivity index (χ2v) is 9.91. The summed E-state index contributed by atoms with van der Waals surface area (Å²) in [5.74, 6) is 0.176. The van der Waals surface area contributed by atoms with Crippen LogP contribution in [0.2, 0.25) is 0 Å². The monoisotopic (exact) mass is 614 g/mol. The van der Waals surface area contributed by atoms with E-state index in [1.807, 2.05) is 0 Å². The number of hydrazine groups is 1. The Balaban J connectivity index is 1.94.